The summed E-state index contributed by atoms with van der Waals surface area (Å²) in [4.78, 5) is 14.0. The average Bonchev–Trinajstić information content (AvgIpc) is 3.34. The second-order valence-corrected chi connectivity index (χ2v) is 10.0. The number of amides is 1. The Morgan fingerprint density at radius 3 is 2.43 bits per heavy atom. The Bertz CT molecular complexity index is 1620. The van der Waals surface area contributed by atoms with Crippen molar-refractivity contribution in [2.24, 2.45) is 0 Å². The summed E-state index contributed by atoms with van der Waals surface area (Å²) in [5.74, 6) is 0.574. The van der Waals surface area contributed by atoms with Crippen molar-refractivity contribution in [1.82, 2.24) is 8.97 Å². The van der Waals surface area contributed by atoms with E-state index in [9.17, 15) is 4.79 Å². The molecule has 0 aliphatic carbocycles. The minimum atomic E-state index is -0.163. The van der Waals surface area contributed by atoms with E-state index < -0.39 is 0 Å². The van der Waals surface area contributed by atoms with Crippen molar-refractivity contribution < 1.29 is 9.53 Å². The van der Waals surface area contributed by atoms with Crippen LogP contribution < -0.4 is 10.1 Å². The lowest BCUT2D eigenvalue weighted by atomic mass is 9.98. The molecule has 0 saturated heterocycles. The van der Waals surface area contributed by atoms with Crippen LogP contribution in [0, 0.1) is 0 Å². The summed E-state index contributed by atoms with van der Waals surface area (Å²) < 4.78 is 9.64. The second-order valence-electron chi connectivity index (χ2n) is 9.20. The molecule has 1 amide bonds. The van der Waals surface area contributed by atoms with E-state index in [4.69, 9.17) is 27.9 Å². The van der Waals surface area contributed by atoms with Crippen LogP contribution in [-0.2, 0) is 13.0 Å². The first-order valence-corrected chi connectivity index (χ1v) is 13.0. The molecule has 1 aliphatic heterocycles. The first kappa shape index (κ1) is 23.7. The van der Waals surface area contributed by atoms with Crippen LogP contribution in [0.4, 0.5) is 5.69 Å². The topological polar surface area (TPSA) is 47.7 Å². The molecule has 0 unspecified atom stereocenters. The maximum atomic E-state index is 14.0. The molecule has 186 valence electrons. The van der Waals surface area contributed by atoms with Crippen LogP contribution in [0.2, 0.25) is 10.0 Å². The molecule has 0 bridgehead atoms. The summed E-state index contributed by atoms with van der Waals surface area (Å²) in [7, 11) is 1.62. The van der Waals surface area contributed by atoms with E-state index in [0.717, 1.165) is 59.6 Å². The van der Waals surface area contributed by atoms with Crippen molar-refractivity contribution in [2.45, 2.75) is 25.8 Å². The molecule has 2 aromatic heterocycles. The highest BCUT2D eigenvalue weighted by atomic mass is 35.5. The highest BCUT2D eigenvalue weighted by molar-refractivity contribution is 6.42. The molecule has 0 fully saturated rings. The third-order valence-corrected chi connectivity index (χ3v) is 7.71. The van der Waals surface area contributed by atoms with E-state index in [1.165, 1.54) is 5.56 Å². The summed E-state index contributed by atoms with van der Waals surface area (Å²) in [5, 5.41) is 4.14. The number of nitrogens with zero attached hydrogens (tertiary/aromatic N) is 2. The van der Waals surface area contributed by atoms with Crippen LogP contribution in [0.25, 0.3) is 28.0 Å². The second kappa shape index (κ2) is 9.66. The molecular weight excluding hydrogens is 505 g/mol. The van der Waals surface area contributed by atoms with Gasteiger partial charge in [-0.1, -0.05) is 59.6 Å². The lowest BCUT2D eigenvalue weighted by Gasteiger charge is -2.11. The maximum absolute atomic E-state index is 14.0. The van der Waals surface area contributed by atoms with Gasteiger partial charge in [-0.05, 0) is 61.2 Å². The predicted molar refractivity (Wildman–Crippen MR) is 150 cm³/mol. The van der Waals surface area contributed by atoms with E-state index in [1.54, 1.807) is 7.11 Å². The number of benzene rings is 3. The zero-order chi connectivity index (χ0) is 25.5. The third kappa shape index (κ3) is 4.18. The van der Waals surface area contributed by atoms with E-state index >= 15 is 0 Å². The molecular formula is C30H25Cl2N3O2. The highest BCUT2D eigenvalue weighted by Crippen LogP contribution is 2.40. The van der Waals surface area contributed by atoms with Crippen molar-refractivity contribution in [2.75, 3.05) is 12.4 Å². The molecule has 3 aromatic carbocycles. The Morgan fingerprint density at radius 2 is 1.70 bits per heavy atom. The number of nitrogens with one attached hydrogen (secondary N) is 1. The largest absolute Gasteiger partial charge is 0.497 e. The SMILES string of the molecule is COc1ccc(NC(=O)c2c(-c3ccccc3)c3c4n(c(-c5ccc(Cl)c(Cl)c5)cn24)CCCC3)cc1. The lowest BCUT2D eigenvalue weighted by Crippen LogP contribution is -2.15. The van der Waals surface area contributed by atoms with Gasteiger partial charge in [0.25, 0.3) is 5.91 Å². The third-order valence-electron chi connectivity index (χ3n) is 6.97. The van der Waals surface area contributed by atoms with Crippen LogP contribution in [0.1, 0.15) is 28.9 Å². The van der Waals surface area contributed by atoms with Crippen LogP contribution in [0.5, 0.6) is 5.75 Å². The number of aromatic nitrogens is 2. The smallest absolute Gasteiger partial charge is 0.273 e. The van der Waals surface area contributed by atoms with E-state index in [2.05, 4.69) is 32.6 Å². The number of hydrogen-bond donors (Lipinski definition) is 1. The molecule has 5 aromatic rings. The van der Waals surface area contributed by atoms with E-state index in [-0.39, 0.29) is 5.91 Å². The van der Waals surface area contributed by atoms with E-state index in [1.807, 2.05) is 60.7 Å². The molecule has 3 heterocycles. The zero-order valence-corrected chi connectivity index (χ0v) is 21.8. The monoisotopic (exact) mass is 529 g/mol. The molecule has 7 heteroatoms. The Morgan fingerprint density at radius 1 is 0.919 bits per heavy atom. The Hall–Kier alpha value is -3.67. The summed E-state index contributed by atoms with van der Waals surface area (Å²) >= 11 is 12.6. The van der Waals surface area contributed by atoms with Gasteiger partial charge in [0.15, 0.2) is 0 Å². The molecule has 1 N–H and O–H groups in total. The number of methoxy groups -OCH3 is 1. The van der Waals surface area contributed by atoms with E-state index in [0.29, 0.717) is 21.4 Å². The van der Waals surface area contributed by atoms with Crippen LogP contribution >= 0.6 is 23.2 Å². The minimum absolute atomic E-state index is 0.163. The van der Waals surface area contributed by atoms with Crippen molar-refractivity contribution >= 4 is 40.4 Å². The quantitative estimate of drug-likeness (QED) is 0.251. The number of aryl methyl sites for hydroxylation is 2. The first-order valence-electron chi connectivity index (χ1n) is 12.3. The number of anilines is 1. The van der Waals surface area contributed by atoms with Crippen LogP contribution in [-0.4, -0.2) is 22.0 Å². The number of imidazole rings is 1. The van der Waals surface area contributed by atoms with Crippen molar-refractivity contribution in [3.8, 4) is 28.1 Å². The predicted octanol–water partition coefficient (Wildman–Crippen LogP) is 7.98. The number of carbonyl (C=O) groups is 1. The fraction of sp³-hybridized carbons (Fsp3) is 0.167. The highest BCUT2D eigenvalue weighted by Gasteiger charge is 2.29. The molecule has 0 radical (unpaired) electrons. The molecule has 0 atom stereocenters. The average molecular weight is 530 g/mol. The Labute approximate surface area is 225 Å². The van der Waals surface area contributed by atoms with Gasteiger partial charge >= 0.3 is 0 Å². The fourth-order valence-corrected chi connectivity index (χ4v) is 5.57. The number of hydrogen-bond acceptors (Lipinski definition) is 2. The van der Waals surface area contributed by atoms with Gasteiger partial charge in [-0.3, -0.25) is 9.20 Å². The summed E-state index contributed by atoms with van der Waals surface area (Å²) in [6, 6.07) is 23.2. The lowest BCUT2D eigenvalue weighted by molar-refractivity contribution is 0.102. The standard InChI is InChI=1S/C30H25Cl2N3O2/c1-37-22-13-11-21(12-14-22)33-29(36)28-27(19-7-3-2-4-8-19)23-9-5-6-16-34-26(18-35(28)30(23)34)20-10-15-24(31)25(32)17-20/h2-4,7-8,10-15,17-18H,5-6,9,16H2,1H3,(H,33,36). The first-order chi connectivity index (χ1) is 18.0. The van der Waals surface area contributed by atoms with Gasteiger partial charge in [-0.25, -0.2) is 0 Å². The Balaban J connectivity index is 1.57. The van der Waals surface area contributed by atoms with Gasteiger partial charge in [0.05, 0.1) is 22.8 Å². The molecule has 1 aliphatic rings. The van der Waals surface area contributed by atoms with Crippen molar-refractivity contribution in [1.29, 1.82) is 0 Å². The molecule has 0 spiro atoms. The minimum Gasteiger partial charge on any atom is -0.497 e. The normalized spacial score (nSPS) is 12.9. The molecule has 37 heavy (non-hydrogen) atoms. The van der Waals surface area contributed by atoms with Gasteiger partial charge in [-0.2, -0.15) is 0 Å². The number of carbonyl (C=O) groups excluding carboxylic acids is 1. The summed E-state index contributed by atoms with van der Waals surface area (Å²) in [5.41, 5.74) is 7.56. The van der Waals surface area contributed by atoms with Gasteiger partial charge in [-0.15, -0.1) is 0 Å². The summed E-state index contributed by atoms with van der Waals surface area (Å²) in [6.07, 6.45) is 5.05. The number of rotatable bonds is 5. The number of halogens is 2. The number of ether oxygens (including phenoxy) is 1. The van der Waals surface area contributed by atoms with Crippen molar-refractivity contribution in [3.63, 3.8) is 0 Å². The molecule has 5 nitrogen and oxygen atoms in total. The maximum Gasteiger partial charge on any atom is 0.273 e. The van der Waals surface area contributed by atoms with Crippen LogP contribution in [0.15, 0.2) is 79.0 Å². The fourth-order valence-electron chi connectivity index (χ4n) is 5.28. The van der Waals surface area contributed by atoms with Gasteiger partial charge in [0, 0.05) is 35.1 Å². The van der Waals surface area contributed by atoms with Crippen LogP contribution in [0.3, 0.4) is 0 Å². The van der Waals surface area contributed by atoms with Crippen molar-refractivity contribution in [3.05, 3.63) is 100 Å². The summed E-state index contributed by atoms with van der Waals surface area (Å²) in [6.45, 7) is 0.858. The van der Waals surface area contributed by atoms with Gasteiger partial charge in [0.2, 0.25) is 0 Å². The van der Waals surface area contributed by atoms with Gasteiger partial charge < -0.3 is 14.6 Å². The molecule has 0 saturated carbocycles. The molecule has 6 rings (SSSR count). The Kier molecular flexibility index (Phi) is 6.19. The van der Waals surface area contributed by atoms with Gasteiger partial charge in [0.1, 0.15) is 17.1 Å². The zero-order valence-electron chi connectivity index (χ0n) is 20.3.